The van der Waals surface area contributed by atoms with Crippen molar-refractivity contribution in [2.45, 2.75) is 13.5 Å². The lowest BCUT2D eigenvalue weighted by Crippen LogP contribution is -2.22. The van der Waals surface area contributed by atoms with E-state index in [9.17, 15) is 4.79 Å². The molecule has 20 heavy (non-hydrogen) atoms. The number of hydrogen-bond donors (Lipinski definition) is 1. The third kappa shape index (κ3) is 2.54. The van der Waals surface area contributed by atoms with Gasteiger partial charge in [0.05, 0.1) is 5.52 Å². The minimum atomic E-state index is -0.0747. The predicted octanol–water partition coefficient (Wildman–Crippen LogP) is 2.57. The van der Waals surface area contributed by atoms with Crippen LogP contribution in [0.15, 0.2) is 54.9 Å². The first-order chi connectivity index (χ1) is 9.72. The molecular weight excluding hydrogens is 250 g/mol. The zero-order valence-electron chi connectivity index (χ0n) is 11.2. The largest absolute Gasteiger partial charge is 0.348 e. The summed E-state index contributed by atoms with van der Waals surface area (Å²) in [5, 5.41) is 7.03. The molecule has 0 aliphatic carbocycles. The van der Waals surface area contributed by atoms with Gasteiger partial charge in [-0.3, -0.25) is 4.79 Å². The van der Waals surface area contributed by atoms with E-state index in [0.29, 0.717) is 12.1 Å². The number of fused-ring (bicyclic) bond motifs is 1. The molecule has 0 spiro atoms. The van der Waals surface area contributed by atoms with Crippen molar-refractivity contribution in [3.05, 3.63) is 71.5 Å². The fourth-order valence-electron chi connectivity index (χ4n) is 2.05. The van der Waals surface area contributed by atoms with Gasteiger partial charge in [0.25, 0.3) is 5.91 Å². The fourth-order valence-corrected chi connectivity index (χ4v) is 2.05. The molecular formula is C16H15N3O. The number of nitrogens with one attached hydrogen (secondary N) is 1. The molecule has 1 N–H and O–H groups in total. The summed E-state index contributed by atoms with van der Waals surface area (Å²) in [5.74, 6) is -0.0747. The molecule has 4 heteroatoms. The van der Waals surface area contributed by atoms with Crippen LogP contribution in [0.4, 0.5) is 0 Å². The molecule has 4 nitrogen and oxygen atoms in total. The van der Waals surface area contributed by atoms with Crippen LogP contribution in [0.25, 0.3) is 5.52 Å². The Morgan fingerprint density at radius 3 is 2.80 bits per heavy atom. The van der Waals surface area contributed by atoms with Crippen molar-refractivity contribution >= 4 is 11.4 Å². The van der Waals surface area contributed by atoms with E-state index in [4.69, 9.17) is 0 Å². The summed E-state index contributed by atoms with van der Waals surface area (Å²) in [6.07, 6.45) is 3.50. The van der Waals surface area contributed by atoms with E-state index >= 15 is 0 Å². The first-order valence-corrected chi connectivity index (χ1v) is 6.49. The maximum absolute atomic E-state index is 12.1. The van der Waals surface area contributed by atoms with E-state index in [-0.39, 0.29) is 5.91 Å². The van der Waals surface area contributed by atoms with Crippen molar-refractivity contribution < 1.29 is 4.79 Å². The molecule has 100 valence electrons. The van der Waals surface area contributed by atoms with Crippen molar-refractivity contribution in [3.63, 3.8) is 0 Å². The molecule has 0 aliphatic heterocycles. The van der Waals surface area contributed by atoms with Gasteiger partial charge in [-0.1, -0.05) is 29.8 Å². The minimum Gasteiger partial charge on any atom is -0.348 e. The van der Waals surface area contributed by atoms with E-state index in [1.807, 2.05) is 43.3 Å². The summed E-state index contributed by atoms with van der Waals surface area (Å²) in [5.41, 5.74) is 3.86. The van der Waals surface area contributed by atoms with Crippen molar-refractivity contribution in [1.82, 2.24) is 14.9 Å². The summed E-state index contributed by atoms with van der Waals surface area (Å²) in [4.78, 5) is 12.1. The number of carbonyl (C=O) groups is 1. The predicted molar refractivity (Wildman–Crippen MR) is 77.5 cm³/mol. The van der Waals surface area contributed by atoms with Gasteiger partial charge < -0.3 is 5.32 Å². The van der Waals surface area contributed by atoms with E-state index < -0.39 is 0 Å². The average molecular weight is 265 g/mol. The number of benzene rings is 1. The number of aromatic nitrogens is 2. The van der Waals surface area contributed by atoms with Gasteiger partial charge in [-0.05, 0) is 30.7 Å². The second-order valence-corrected chi connectivity index (χ2v) is 4.78. The summed E-state index contributed by atoms with van der Waals surface area (Å²) in [6.45, 7) is 2.58. The van der Waals surface area contributed by atoms with E-state index in [2.05, 4.69) is 10.4 Å². The molecule has 0 radical (unpaired) electrons. The van der Waals surface area contributed by atoms with Crippen LogP contribution in [0.3, 0.4) is 0 Å². The third-order valence-corrected chi connectivity index (χ3v) is 3.24. The Morgan fingerprint density at radius 2 is 2.00 bits per heavy atom. The first kappa shape index (κ1) is 12.4. The SMILES string of the molecule is Cc1ccc(CNC(=O)c2ccn3nccc3c2)cc1. The van der Waals surface area contributed by atoms with Crippen LogP contribution in [-0.4, -0.2) is 15.5 Å². The lowest BCUT2D eigenvalue weighted by Gasteiger charge is -2.06. The Labute approximate surface area is 117 Å². The average Bonchev–Trinajstić information content (AvgIpc) is 2.93. The second-order valence-electron chi connectivity index (χ2n) is 4.78. The van der Waals surface area contributed by atoms with Crippen LogP contribution in [0.1, 0.15) is 21.5 Å². The molecule has 2 heterocycles. The summed E-state index contributed by atoms with van der Waals surface area (Å²) < 4.78 is 1.73. The van der Waals surface area contributed by atoms with Crippen LogP contribution in [-0.2, 0) is 6.54 Å². The standard InChI is InChI=1S/C16H15N3O/c1-12-2-4-13(5-3-12)11-17-16(20)14-7-9-19-15(10-14)6-8-18-19/h2-10H,11H2,1H3,(H,17,20). The van der Waals surface area contributed by atoms with Gasteiger partial charge in [0.15, 0.2) is 0 Å². The fraction of sp³-hybridized carbons (Fsp3) is 0.125. The number of aryl methyl sites for hydroxylation is 1. The maximum atomic E-state index is 12.1. The van der Waals surface area contributed by atoms with Gasteiger partial charge in [-0.15, -0.1) is 0 Å². The van der Waals surface area contributed by atoms with Crippen LogP contribution < -0.4 is 5.32 Å². The number of carbonyl (C=O) groups excluding carboxylic acids is 1. The molecule has 1 aromatic carbocycles. The molecule has 0 unspecified atom stereocenters. The van der Waals surface area contributed by atoms with Crippen molar-refractivity contribution in [3.8, 4) is 0 Å². The number of amides is 1. The first-order valence-electron chi connectivity index (χ1n) is 6.49. The molecule has 2 aromatic heterocycles. The molecule has 1 amide bonds. The summed E-state index contributed by atoms with van der Waals surface area (Å²) in [6, 6.07) is 13.6. The number of nitrogens with zero attached hydrogens (tertiary/aromatic N) is 2. The number of rotatable bonds is 3. The Bertz CT molecular complexity index is 744. The Hall–Kier alpha value is -2.62. The van der Waals surface area contributed by atoms with E-state index in [1.165, 1.54) is 5.56 Å². The minimum absolute atomic E-state index is 0.0747. The van der Waals surface area contributed by atoms with E-state index in [1.54, 1.807) is 23.0 Å². The Balaban J connectivity index is 1.70. The smallest absolute Gasteiger partial charge is 0.251 e. The van der Waals surface area contributed by atoms with Crippen LogP contribution in [0, 0.1) is 6.92 Å². The lowest BCUT2D eigenvalue weighted by atomic mass is 10.1. The molecule has 3 rings (SSSR count). The lowest BCUT2D eigenvalue weighted by molar-refractivity contribution is 0.0951. The highest BCUT2D eigenvalue weighted by Crippen LogP contribution is 2.07. The highest BCUT2D eigenvalue weighted by atomic mass is 16.1. The molecule has 3 aromatic rings. The van der Waals surface area contributed by atoms with Crippen molar-refractivity contribution in [2.75, 3.05) is 0 Å². The van der Waals surface area contributed by atoms with Gasteiger partial charge in [-0.25, -0.2) is 4.52 Å². The molecule has 0 bridgehead atoms. The number of pyridine rings is 1. The second kappa shape index (κ2) is 5.17. The normalized spacial score (nSPS) is 10.7. The van der Waals surface area contributed by atoms with Crippen LogP contribution in [0.5, 0.6) is 0 Å². The zero-order chi connectivity index (χ0) is 13.9. The Morgan fingerprint density at radius 1 is 1.20 bits per heavy atom. The molecule has 0 fully saturated rings. The van der Waals surface area contributed by atoms with Crippen LogP contribution in [0.2, 0.25) is 0 Å². The monoisotopic (exact) mass is 265 g/mol. The third-order valence-electron chi connectivity index (χ3n) is 3.24. The summed E-state index contributed by atoms with van der Waals surface area (Å²) in [7, 11) is 0. The molecule has 0 saturated heterocycles. The van der Waals surface area contributed by atoms with Gasteiger partial charge in [-0.2, -0.15) is 5.10 Å². The highest BCUT2D eigenvalue weighted by Gasteiger charge is 2.06. The summed E-state index contributed by atoms with van der Waals surface area (Å²) >= 11 is 0. The van der Waals surface area contributed by atoms with Gasteiger partial charge >= 0.3 is 0 Å². The molecule has 0 atom stereocenters. The molecule has 0 aliphatic rings. The van der Waals surface area contributed by atoms with E-state index in [0.717, 1.165) is 11.1 Å². The number of hydrogen-bond acceptors (Lipinski definition) is 2. The van der Waals surface area contributed by atoms with Crippen LogP contribution >= 0.6 is 0 Å². The van der Waals surface area contributed by atoms with Gasteiger partial charge in [0, 0.05) is 24.5 Å². The maximum Gasteiger partial charge on any atom is 0.251 e. The topological polar surface area (TPSA) is 46.4 Å². The quantitative estimate of drug-likeness (QED) is 0.791. The van der Waals surface area contributed by atoms with Crippen molar-refractivity contribution in [2.24, 2.45) is 0 Å². The van der Waals surface area contributed by atoms with Crippen molar-refractivity contribution in [1.29, 1.82) is 0 Å². The zero-order valence-corrected chi connectivity index (χ0v) is 11.2. The van der Waals surface area contributed by atoms with Gasteiger partial charge in [0.2, 0.25) is 0 Å². The molecule has 0 saturated carbocycles. The highest BCUT2D eigenvalue weighted by molar-refractivity contribution is 5.95. The van der Waals surface area contributed by atoms with Gasteiger partial charge in [0.1, 0.15) is 0 Å². The Kier molecular flexibility index (Phi) is 3.21.